The van der Waals surface area contributed by atoms with Crippen LogP contribution in [0.3, 0.4) is 0 Å². The molecule has 1 aromatic heterocycles. The molecule has 2 bridgehead atoms. The van der Waals surface area contributed by atoms with Gasteiger partial charge in [-0.3, -0.25) is 4.90 Å². The summed E-state index contributed by atoms with van der Waals surface area (Å²) in [4.78, 5) is 2.72. The van der Waals surface area contributed by atoms with Gasteiger partial charge in [-0.2, -0.15) is 0 Å². The highest BCUT2D eigenvalue weighted by atomic mass is 16.3. The Morgan fingerprint density at radius 1 is 1.33 bits per heavy atom. The third-order valence-electron chi connectivity index (χ3n) is 4.84. The van der Waals surface area contributed by atoms with Crippen molar-refractivity contribution in [2.24, 2.45) is 0 Å². The molecule has 1 aromatic rings. The molecular formula is C15H24N2O. The fourth-order valence-corrected chi connectivity index (χ4v) is 3.96. The van der Waals surface area contributed by atoms with Gasteiger partial charge in [0.25, 0.3) is 0 Å². The van der Waals surface area contributed by atoms with Crippen molar-refractivity contribution in [3.8, 4) is 0 Å². The maximum atomic E-state index is 5.61. The van der Waals surface area contributed by atoms with Crippen molar-refractivity contribution in [3.05, 3.63) is 24.2 Å². The van der Waals surface area contributed by atoms with Crippen molar-refractivity contribution in [2.45, 2.75) is 63.2 Å². The number of nitrogens with one attached hydrogen (secondary N) is 1. The standard InChI is InChI=1S/C15H24N2O/c1-11(15-7-4-8-18-15)17-13-5-3-6-14(17)10-12(9-13)16-2/h4,7-8,11-14,16H,3,5-6,9-10H2,1-2H3. The number of hydrogen-bond acceptors (Lipinski definition) is 3. The van der Waals surface area contributed by atoms with E-state index in [2.05, 4.69) is 30.3 Å². The highest BCUT2D eigenvalue weighted by Gasteiger charge is 2.40. The molecule has 0 aromatic carbocycles. The van der Waals surface area contributed by atoms with Gasteiger partial charge in [-0.1, -0.05) is 6.42 Å². The second kappa shape index (κ2) is 5.06. The molecule has 3 nitrogen and oxygen atoms in total. The van der Waals surface area contributed by atoms with Crippen LogP contribution in [0.1, 0.15) is 50.8 Å². The zero-order valence-electron chi connectivity index (χ0n) is 11.4. The smallest absolute Gasteiger partial charge is 0.120 e. The summed E-state index contributed by atoms with van der Waals surface area (Å²) in [6, 6.07) is 6.71. The molecule has 2 aliphatic rings. The van der Waals surface area contributed by atoms with E-state index in [-0.39, 0.29) is 0 Å². The Kier molecular flexibility index (Phi) is 3.44. The van der Waals surface area contributed by atoms with E-state index < -0.39 is 0 Å². The second-order valence-electron chi connectivity index (χ2n) is 5.83. The van der Waals surface area contributed by atoms with E-state index in [1.165, 1.54) is 32.1 Å². The molecule has 2 aliphatic heterocycles. The Labute approximate surface area is 110 Å². The van der Waals surface area contributed by atoms with E-state index in [1.807, 2.05) is 6.07 Å². The van der Waals surface area contributed by atoms with Crippen LogP contribution < -0.4 is 5.32 Å². The van der Waals surface area contributed by atoms with Gasteiger partial charge in [0.1, 0.15) is 5.76 Å². The van der Waals surface area contributed by atoms with E-state index in [0.717, 1.165) is 17.8 Å². The van der Waals surface area contributed by atoms with E-state index in [0.29, 0.717) is 12.1 Å². The van der Waals surface area contributed by atoms with E-state index in [9.17, 15) is 0 Å². The third-order valence-corrected chi connectivity index (χ3v) is 4.84. The Bertz CT molecular complexity index is 362. The summed E-state index contributed by atoms with van der Waals surface area (Å²) >= 11 is 0. The number of fused-ring (bicyclic) bond motifs is 2. The van der Waals surface area contributed by atoms with Gasteiger partial charge < -0.3 is 9.73 Å². The normalized spacial score (nSPS) is 34.4. The largest absolute Gasteiger partial charge is 0.468 e. The quantitative estimate of drug-likeness (QED) is 0.891. The zero-order chi connectivity index (χ0) is 12.5. The molecule has 3 atom stereocenters. The van der Waals surface area contributed by atoms with Crippen molar-refractivity contribution in [2.75, 3.05) is 7.05 Å². The van der Waals surface area contributed by atoms with Crippen LogP contribution >= 0.6 is 0 Å². The number of piperidine rings is 2. The molecule has 0 radical (unpaired) electrons. The van der Waals surface area contributed by atoms with Crippen LogP contribution in [0.15, 0.2) is 22.8 Å². The lowest BCUT2D eigenvalue weighted by Crippen LogP contribution is -2.56. The average Bonchev–Trinajstić information content (AvgIpc) is 2.90. The van der Waals surface area contributed by atoms with Gasteiger partial charge in [0, 0.05) is 18.1 Å². The van der Waals surface area contributed by atoms with Crippen molar-refractivity contribution >= 4 is 0 Å². The van der Waals surface area contributed by atoms with Gasteiger partial charge in [0.05, 0.1) is 12.3 Å². The number of rotatable bonds is 3. The van der Waals surface area contributed by atoms with Crippen LogP contribution in [0.25, 0.3) is 0 Å². The van der Waals surface area contributed by atoms with Crippen LogP contribution in [-0.2, 0) is 0 Å². The lowest BCUT2D eigenvalue weighted by molar-refractivity contribution is -0.0113. The molecule has 3 heteroatoms. The van der Waals surface area contributed by atoms with Gasteiger partial charge in [-0.05, 0) is 51.8 Å². The minimum Gasteiger partial charge on any atom is -0.468 e. The first-order valence-corrected chi connectivity index (χ1v) is 7.27. The summed E-state index contributed by atoms with van der Waals surface area (Å²) in [7, 11) is 2.10. The van der Waals surface area contributed by atoms with Gasteiger partial charge in [-0.15, -0.1) is 0 Å². The summed E-state index contributed by atoms with van der Waals surface area (Å²) in [5.41, 5.74) is 0. The first-order valence-electron chi connectivity index (χ1n) is 7.27. The number of nitrogens with zero attached hydrogens (tertiary/aromatic N) is 1. The SMILES string of the molecule is CNC1CC2CCCC(C1)N2C(C)c1ccco1. The molecule has 2 saturated heterocycles. The fraction of sp³-hybridized carbons (Fsp3) is 0.733. The fourth-order valence-electron chi connectivity index (χ4n) is 3.96. The highest BCUT2D eigenvalue weighted by molar-refractivity contribution is 5.07. The molecule has 18 heavy (non-hydrogen) atoms. The first kappa shape index (κ1) is 12.2. The summed E-state index contributed by atoms with van der Waals surface area (Å²) in [5.74, 6) is 1.12. The molecule has 3 heterocycles. The predicted molar refractivity (Wildman–Crippen MR) is 72.5 cm³/mol. The molecule has 1 N–H and O–H groups in total. The van der Waals surface area contributed by atoms with E-state index in [4.69, 9.17) is 4.42 Å². The maximum absolute atomic E-state index is 5.61. The topological polar surface area (TPSA) is 28.4 Å². The number of hydrogen-bond donors (Lipinski definition) is 1. The molecule has 3 unspecified atom stereocenters. The Morgan fingerprint density at radius 3 is 2.61 bits per heavy atom. The minimum atomic E-state index is 0.424. The van der Waals surface area contributed by atoms with E-state index >= 15 is 0 Å². The van der Waals surface area contributed by atoms with Gasteiger partial charge in [0.15, 0.2) is 0 Å². The van der Waals surface area contributed by atoms with Gasteiger partial charge >= 0.3 is 0 Å². The summed E-state index contributed by atoms with van der Waals surface area (Å²) in [6.45, 7) is 2.30. The molecule has 0 saturated carbocycles. The minimum absolute atomic E-state index is 0.424. The number of furan rings is 1. The summed E-state index contributed by atoms with van der Waals surface area (Å²) in [5, 5.41) is 3.48. The van der Waals surface area contributed by atoms with Crippen LogP contribution in [0, 0.1) is 0 Å². The molecule has 3 rings (SSSR count). The monoisotopic (exact) mass is 248 g/mol. The molecule has 0 amide bonds. The zero-order valence-corrected chi connectivity index (χ0v) is 11.4. The van der Waals surface area contributed by atoms with Crippen molar-refractivity contribution in [3.63, 3.8) is 0 Å². The van der Waals surface area contributed by atoms with Gasteiger partial charge in [-0.25, -0.2) is 0 Å². The van der Waals surface area contributed by atoms with E-state index in [1.54, 1.807) is 6.26 Å². The molecule has 100 valence electrons. The third kappa shape index (κ3) is 2.10. The van der Waals surface area contributed by atoms with Crippen molar-refractivity contribution < 1.29 is 4.42 Å². The Hall–Kier alpha value is -0.800. The van der Waals surface area contributed by atoms with Crippen molar-refractivity contribution in [1.82, 2.24) is 10.2 Å². The van der Waals surface area contributed by atoms with Crippen LogP contribution in [0.4, 0.5) is 0 Å². The maximum Gasteiger partial charge on any atom is 0.120 e. The lowest BCUT2D eigenvalue weighted by atomic mass is 9.80. The highest BCUT2D eigenvalue weighted by Crippen LogP contribution is 2.39. The molecule has 0 spiro atoms. The van der Waals surface area contributed by atoms with Crippen molar-refractivity contribution in [1.29, 1.82) is 0 Å². The van der Waals surface area contributed by atoms with Crippen LogP contribution in [0.2, 0.25) is 0 Å². The molecule has 0 aliphatic carbocycles. The van der Waals surface area contributed by atoms with Crippen LogP contribution in [-0.4, -0.2) is 30.1 Å². The predicted octanol–water partition coefficient (Wildman–Crippen LogP) is 2.95. The lowest BCUT2D eigenvalue weighted by Gasteiger charge is -2.51. The average molecular weight is 248 g/mol. The van der Waals surface area contributed by atoms with Crippen LogP contribution in [0.5, 0.6) is 0 Å². The molecule has 2 fully saturated rings. The first-order chi connectivity index (χ1) is 8.79. The summed E-state index contributed by atoms with van der Waals surface area (Å²) < 4.78 is 5.61. The Balaban J connectivity index is 1.79. The Morgan fingerprint density at radius 2 is 2.06 bits per heavy atom. The molecular weight excluding hydrogens is 224 g/mol. The summed E-state index contributed by atoms with van der Waals surface area (Å²) in [6.07, 6.45) is 8.46. The second-order valence-corrected chi connectivity index (χ2v) is 5.83. The van der Waals surface area contributed by atoms with Gasteiger partial charge in [0.2, 0.25) is 0 Å².